The normalized spacial score (nSPS) is 11.2. The molecule has 0 saturated carbocycles. The van der Waals surface area contributed by atoms with Crippen molar-refractivity contribution in [3.05, 3.63) is 50.1 Å². The van der Waals surface area contributed by atoms with Crippen LogP contribution in [0.3, 0.4) is 0 Å². The zero-order valence-corrected chi connectivity index (χ0v) is 11.7. The Balaban J connectivity index is 2.21. The predicted octanol–water partition coefficient (Wildman–Crippen LogP) is 4.54. The molecule has 0 fully saturated rings. The van der Waals surface area contributed by atoms with Gasteiger partial charge in [-0.1, -0.05) is 6.07 Å². The Kier molecular flexibility index (Phi) is 3.75. The Morgan fingerprint density at radius 3 is 2.81 bits per heavy atom. The summed E-state index contributed by atoms with van der Waals surface area (Å²) in [6.07, 6.45) is 1.56. The Labute approximate surface area is 114 Å². The van der Waals surface area contributed by atoms with Crippen molar-refractivity contribution in [2.24, 2.45) is 4.99 Å². The minimum atomic E-state index is -0.301. The second kappa shape index (κ2) is 5.09. The second-order valence-electron chi connectivity index (χ2n) is 3.01. The molecule has 0 aliphatic heterocycles. The lowest BCUT2D eigenvalue weighted by molar-refractivity contribution is 0.530. The van der Waals surface area contributed by atoms with E-state index in [-0.39, 0.29) is 5.82 Å². The van der Waals surface area contributed by atoms with E-state index >= 15 is 0 Å². The number of furan rings is 1. The van der Waals surface area contributed by atoms with Gasteiger partial charge in [-0.25, -0.2) is 4.39 Å². The highest BCUT2D eigenvalue weighted by atomic mass is 127. The van der Waals surface area contributed by atoms with E-state index in [1.165, 1.54) is 12.1 Å². The van der Waals surface area contributed by atoms with Crippen LogP contribution in [0.25, 0.3) is 0 Å². The summed E-state index contributed by atoms with van der Waals surface area (Å²) in [7, 11) is 0. The van der Waals surface area contributed by atoms with Crippen molar-refractivity contribution in [2.45, 2.75) is 0 Å². The fourth-order valence-electron chi connectivity index (χ4n) is 1.12. The largest absolute Gasteiger partial charge is 0.448 e. The summed E-state index contributed by atoms with van der Waals surface area (Å²) >= 11 is 5.40. The molecule has 0 amide bonds. The first-order valence-corrected chi connectivity index (χ1v) is 6.27. The van der Waals surface area contributed by atoms with Crippen molar-refractivity contribution < 1.29 is 8.81 Å². The number of hydrogen-bond acceptors (Lipinski definition) is 2. The quantitative estimate of drug-likeness (QED) is 0.543. The lowest BCUT2D eigenvalue weighted by Gasteiger charge is -1.91. The Morgan fingerprint density at radius 2 is 2.19 bits per heavy atom. The van der Waals surface area contributed by atoms with E-state index in [0.717, 1.165) is 8.24 Å². The molecule has 0 radical (unpaired) electrons. The molecule has 0 aliphatic rings. The van der Waals surface area contributed by atoms with Gasteiger partial charge in [0.25, 0.3) is 0 Å². The van der Waals surface area contributed by atoms with Gasteiger partial charge in [-0.3, -0.25) is 4.99 Å². The molecule has 2 rings (SSSR count). The van der Waals surface area contributed by atoms with Crippen LogP contribution in [-0.4, -0.2) is 6.21 Å². The lowest BCUT2D eigenvalue weighted by atomic mass is 10.3. The Bertz CT molecular complexity index is 519. The number of aliphatic imine (C=N–C) groups is 1. The van der Waals surface area contributed by atoms with Crippen molar-refractivity contribution in [3.8, 4) is 0 Å². The molecule has 82 valence electrons. The van der Waals surface area contributed by atoms with Crippen LogP contribution in [0.15, 0.2) is 44.2 Å². The van der Waals surface area contributed by atoms with E-state index in [1.54, 1.807) is 18.3 Å². The summed E-state index contributed by atoms with van der Waals surface area (Å²) in [4.78, 5) is 4.11. The fourth-order valence-corrected chi connectivity index (χ4v) is 1.84. The molecule has 2 aromatic rings. The third-order valence-electron chi connectivity index (χ3n) is 1.81. The Hall–Kier alpha value is -0.690. The number of hydrogen-bond donors (Lipinski definition) is 0. The number of benzene rings is 1. The second-order valence-corrected chi connectivity index (χ2v) is 4.84. The van der Waals surface area contributed by atoms with Crippen molar-refractivity contribution in [1.29, 1.82) is 0 Å². The van der Waals surface area contributed by atoms with Crippen molar-refractivity contribution in [3.63, 3.8) is 0 Å². The van der Waals surface area contributed by atoms with Gasteiger partial charge in [0.05, 0.1) is 16.4 Å². The van der Waals surface area contributed by atoms with Crippen LogP contribution in [-0.2, 0) is 0 Å². The summed E-state index contributed by atoms with van der Waals surface area (Å²) in [5.74, 6) is 0.324. The van der Waals surface area contributed by atoms with Gasteiger partial charge in [0.1, 0.15) is 11.6 Å². The van der Waals surface area contributed by atoms with Crippen molar-refractivity contribution >= 4 is 50.4 Å². The molecule has 0 bridgehead atoms. The molecular formula is C11H6BrFINO. The van der Waals surface area contributed by atoms with E-state index in [0.29, 0.717) is 11.4 Å². The molecule has 0 atom stereocenters. The molecule has 0 spiro atoms. The van der Waals surface area contributed by atoms with Crippen molar-refractivity contribution in [1.82, 2.24) is 0 Å². The maximum absolute atomic E-state index is 12.9. The molecule has 1 aromatic carbocycles. The summed E-state index contributed by atoms with van der Waals surface area (Å²) in [5.41, 5.74) is 0.558. The number of halogens is 3. The van der Waals surface area contributed by atoms with Crippen LogP contribution in [0, 0.1) is 9.58 Å². The summed E-state index contributed by atoms with van der Waals surface area (Å²) in [5, 5.41) is 0. The first-order valence-electron chi connectivity index (χ1n) is 4.39. The zero-order valence-electron chi connectivity index (χ0n) is 7.95. The molecule has 1 aromatic heterocycles. The van der Waals surface area contributed by atoms with Gasteiger partial charge >= 0.3 is 0 Å². The van der Waals surface area contributed by atoms with Crippen LogP contribution >= 0.6 is 38.5 Å². The van der Waals surface area contributed by atoms with Crippen molar-refractivity contribution in [2.75, 3.05) is 0 Å². The van der Waals surface area contributed by atoms with Gasteiger partial charge in [-0.05, 0) is 34.1 Å². The Morgan fingerprint density at radius 1 is 1.38 bits per heavy atom. The monoisotopic (exact) mass is 393 g/mol. The number of nitrogens with zero attached hydrogens (tertiary/aromatic N) is 1. The van der Waals surface area contributed by atoms with Gasteiger partial charge in [0.15, 0.2) is 3.77 Å². The molecule has 0 saturated heterocycles. The van der Waals surface area contributed by atoms with E-state index in [2.05, 4.69) is 43.5 Å². The highest BCUT2D eigenvalue weighted by Crippen LogP contribution is 2.22. The van der Waals surface area contributed by atoms with Gasteiger partial charge in [0, 0.05) is 28.7 Å². The molecule has 5 heteroatoms. The lowest BCUT2D eigenvalue weighted by Crippen LogP contribution is -1.75. The highest BCUT2D eigenvalue weighted by molar-refractivity contribution is 14.1. The minimum absolute atomic E-state index is 0.301. The SMILES string of the molecule is Fc1cccc(N=Cc2cc(Br)c(I)o2)c1. The van der Waals surface area contributed by atoms with Gasteiger partial charge < -0.3 is 4.42 Å². The highest BCUT2D eigenvalue weighted by Gasteiger charge is 2.03. The average Bonchev–Trinajstić information content (AvgIpc) is 2.56. The molecule has 0 unspecified atom stereocenters. The van der Waals surface area contributed by atoms with Crippen LogP contribution in [0.1, 0.15) is 5.76 Å². The average molecular weight is 394 g/mol. The zero-order chi connectivity index (χ0) is 11.5. The van der Waals surface area contributed by atoms with Crippen LogP contribution in [0.5, 0.6) is 0 Å². The van der Waals surface area contributed by atoms with Gasteiger partial charge in [-0.15, -0.1) is 0 Å². The molecule has 1 heterocycles. The summed E-state index contributed by atoms with van der Waals surface area (Å²) in [6.45, 7) is 0. The molecule has 0 N–H and O–H groups in total. The third kappa shape index (κ3) is 2.91. The smallest absolute Gasteiger partial charge is 0.178 e. The topological polar surface area (TPSA) is 25.5 Å². The fraction of sp³-hybridized carbons (Fsp3) is 0. The van der Waals surface area contributed by atoms with Crippen LogP contribution < -0.4 is 0 Å². The number of rotatable bonds is 2. The van der Waals surface area contributed by atoms with Gasteiger partial charge in [0.2, 0.25) is 0 Å². The minimum Gasteiger partial charge on any atom is -0.448 e. The predicted molar refractivity (Wildman–Crippen MR) is 72.8 cm³/mol. The molecule has 0 aliphatic carbocycles. The van der Waals surface area contributed by atoms with E-state index < -0.39 is 0 Å². The van der Waals surface area contributed by atoms with E-state index in [9.17, 15) is 4.39 Å². The maximum Gasteiger partial charge on any atom is 0.178 e. The van der Waals surface area contributed by atoms with Crippen LogP contribution in [0.4, 0.5) is 10.1 Å². The third-order valence-corrected chi connectivity index (χ3v) is 3.94. The van der Waals surface area contributed by atoms with Crippen LogP contribution in [0.2, 0.25) is 0 Å². The summed E-state index contributed by atoms with van der Waals surface area (Å²) < 4.78 is 19.9. The standard InChI is InChI=1S/C11H6BrFINO/c12-10-5-9(16-11(10)14)6-15-8-3-1-2-7(13)4-8/h1-6H. The van der Waals surface area contributed by atoms with E-state index in [1.807, 2.05) is 6.07 Å². The molecule has 2 nitrogen and oxygen atoms in total. The first-order chi connectivity index (χ1) is 7.65. The van der Waals surface area contributed by atoms with Gasteiger partial charge in [-0.2, -0.15) is 0 Å². The summed E-state index contributed by atoms with van der Waals surface area (Å²) in [6, 6.07) is 7.89. The molecule has 16 heavy (non-hydrogen) atoms. The molecular weight excluding hydrogens is 388 g/mol. The first kappa shape index (κ1) is 11.8. The van der Waals surface area contributed by atoms with E-state index in [4.69, 9.17) is 4.42 Å². The maximum atomic E-state index is 12.9.